The third-order valence-electron chi connectivity index (χ3n) is 0.764. The second-order valence-corrected chi connectivity index (χ2v) is 1.97. The Bertz CT molecular complexity index is 215. The van der Waals surface area contributed by atoms with Crippen LogP contribution in [0, 0.1) is 11.3 Å². The van der Waals surface area contributed by atoms with Crippen molar-refractivity contribution < 1.29 is 14.6 Å². The normalized spacial score (nSPS) is 7.15. The lowest BCUT2D eigenvalue weighted by molar-refractivity contribution is -0.139. The van der Waals surface area contributed by atoms with Crippen LogP contribution < -0.4 is 0 Å². The second kappa shape index (κ2) is 10.4. The van der Waals surface area contributed by atoms with Crippen LogP contribution >= 0.6 is 0 Å². The van der Waals surface area contributed by atoms with E-state index in [1.54, 1.807) is 13.0 Å². The van der Waals surface area contributed by atoms with Crippen LogP contribution in [0.1, 0.15) is 6.92 Å². The predicted molar refractivity (Wildman–Crippen MR) is 48.7 cm³/mol. The van der Waals surface area contributed by atoms with Gasteiger partial charge in [0.1, 0.15) is 6.61 Å². The molecule has 0 unspecified atom stereocenters. The number of allylic oxidation sites excluding steroid dienone is 1. The lowest BCUT2D eigenvalue weighted by atomic mass is 10.4. The molecular weight excluding hydrogens is 170 g/mol. The Balaban J connectivity index is 0. The number of aliphatic hydroxyl groups excluding tert-OH is 1. The summed E-state index contributed by atoms with van der Waals surface area (Å²) in [5.74, 6) is -0.455. The van der Waals surface area contributed by atoms with Crippen LogP contribution in [-0.2, 0) is 9.53 Å². The van der Waals surface area contributed by atoms with Gasteiger partial charge in [0.15, 0.2) is 0 Å². The van der Waals surface area contributed by atoms with E-state index in [1.807, 2.05) is 0 Å². The molecule has 0 radical (unpaired) electrons. The molecule has 0 bridgehead atoms. The zero-order valence-electron chi connectivity index (χ0n) is 7.62. The first-order chi connectivity index (χ1) is 6.09. The highest BCUT2D eigenvalue weighted by molar-refractivity contribution is 5.86. The Hall–Kier alpha value is -1.60. The predicted octanol–water partition coefficient (Wildman–Crippen LogP) is 0.794. The molecule has 0 aliphatic rings. The topological polar surface area (TPSA) is 70.3 Å². The molecule has 1 N–H and O–H groups in total. The zero-order chi connectivity index (χ0) is 10.7. The van der Waals surface area contributed by atoms with Crippen LogP contribution in [0.3, 0.4) is 0 Å². The van der Waals surface area contributed by atoms with Crippen LogP contribution in [0.4, 0.5) is 0 Å². The highest BCUT2D eigenvalue weighted by Gasteiger charge is 1.99. The first-order valence-corrected chi connectivity index (χ1v) is 3.54. The minimum atomic E-state index is -0.455. The molecule has 4 nitrogen and oxygen atoms in total. The molecule has 0 aromatic rings. The van der Waals surface area contributed by atoms with Crippen molar-refractivity contribution >= 4 is 5.97 Å². The number of esters is 1. The number of carbonyl (C=O) groups is 1. The van der Waals surface area contributed by atoms with Crippen molar-refractivity contribution in [2.75, 3.05) is 13.2 Å². The summed E-state index contributed by atoms with van der Waals surface area (Å²) < 4.78 is 4.46. The summed E-state index contributed by atoms with van der Waals surface area (Å²) in [4.78, 5) is 10.5. The molecule has 0 rings (SSSR count). The summed E-state index contributed by atoms with van der Waals surface area (Å²) in [5, 5.41) is 15.7. The van der Waals surface area contributed by atoms with Gasteiger partial charge in [0, 0.05) is 11.6 Å². The smallest absolute Gasteiger partial charge is 0.333 e. The first-order valence-electron chi connectivity index (χ1n) is 3.54. The number of ether oxygens (including phenoxy) is 1. The molecule has 0 fully saturated rings. The maximum atomic E-state index is 10.5. The molecule has 0 atom stereocenters. The third-order valence-corrected chi connectivity index (χ3v) is 0.764. The van der Waals surface area contributed by atoms with Gasteiger partial charge in [0.2, 0.25) is 0 Å². The largest absolute Gasteiger partial charge is 0.460 e. The van der Waals surface area contributed by atoms with Crippen LogP contribution in [-0.4, -0.2) is 24.3 Å². The molecule has 0 aromatic carbocycles. The summed E-state index contributed by atoms with van der Waals surface area (Å²) in [6, 6.07) is 1.69. The molecule has 0 saturated carbocycles. The molecule has 0 heterocycles. The van der Waals surface area contributed by atoms with Gasteiger partial charge in [0.25, 0.3) is 0 Å². The SMILES string of the molecule is C=C(C)C(=O)OCCO.C=CC#N. The van der Waals surface area contributed by atoms with Gasteiger partial charge < -0.3 is 9.84 Å². The molecule has 0 amide bonds. The van der Waals surface area contributed by atoms with Crippen molar-refractivity contribution in [3.05, 3.63) is 24.8 Å². The lowest BCUT2D eigenvalue weighted by Gasteiger charge is -1.99. The molecule has 0 aliphatic heterocycles. The summed E-state index contributed by atoms with van der Waals surface area (Å²) >= 11 is 0. The zero-order valence-corrected chi connectivity index (χ0v) is 7.62. The number of carbonyl (C=O) groups excluding carboxylic acids is 1. The van der Waals surface area contributed by atoms with E-state index in [2.05, 4.69) is 17.9 Å². The average molecular weight is 183 g/mol. The fourth-order valence-corrected chi connectivity index (χ4v) is 0.262. The fourth-order valence-electron chi connectivity index (χ4n) is 0.262. The number of rotatable bonds is 3. The van der Waals surface area contributed by atoms with Crippen molar-refractivity contribution in [2.24, 2.45) is 0 Å². The van der Waals surface area contributed by atoms with Gasteiger partial charge in [-0.1, -0.05) is 13.2 Å². The minimum absolute atomic E-state index is 0.0473. The van der Waals surface area contributed by atoms with E-state index >= 15 is 0 Å². The van der Waals surface area contributed by atoms with Crippen LogP contribution in [0.2, 0.25) is 0 Å². The Morgan fingerprint density at radius 3 is 2.46 bits per heavy atom. The lowest BCUT2D eigenvalue weighted by Crippen LogP contribution is -2.08. The highest BCUT2D eigenvalue weighted by atomic mass is 16.5. The Morgan fingerprint density at radius 1 is 1.77 bits per heavy atom. The molecule has 0 spiro atoms. The summed E-state index contributed by atoms with van der Waals surface area (Å²) in [6.07, 6.45) is 1.18. The average Bonchev–Trinajstić information content (AvgIpc) is 2.14. The maximum absolute atomic E-state index is 10.5. The highest BCUT2D eigenvalue weighted by Crippen LogP contribution is 1.89. The quantitative estimate of drug-likeness (QED) is 0.399. The number of aliphatic hydroxyl groups is 1. The molecule has 0 aliphatic carbocycles. The van der Waals surface area contributed by atoms with Gasteiger partial charge in [-0.05, 0) is 6.92 Å². The monoisotopic (exact) mass is 183 g/mol. The molecule has 4 heteroatoms. The molecule has 72 valence electrons. The van der Waals surface area contributed by atoms with Gasteiger partial charge in [-0.2, -0.15) is 5.26 Å². The molecule has 13 heavy (non-hydrogen) atoms. The minimum Gasteiger partial charge on any atom is -0.460 e. The van der Waals surface area contributed by atoms with Crippen molar-refractivity contribution in [3.63, 3.8) is 0 Å². The van der Waals surface area contributed by atoms with E-state index in [0.717, 1.165) is 0 Å². The number of nitriles is 1. The maximum Gasteiger partial charge on any atom is 0.333 e. The van der Waals surface area contributed by atoms with Gasteiger partial charge >= 0.3 is 5.97 Å². The Kier molecular flexibility index (Phi) is 11.2. The Morgan fingerprint density at radius 2 is 2.23 bits per heavy atom. The molecule has 0 saturated heterocycles. The van der Waals surface area contributed by atoms with Crippen LogP contribution in [0.5, 0.6) is 0 Å². The van der Waals surface area contributed by atoms with Crippen molar-refractivity contribution in [1.82, 2.24) is 0 Å². The molecular formula is C9H13NO3. The van der Waals surface area contributed by atoms with Gasteiger partial charge in [-0.3, -0.25) is 0 Å². The molecule has 0 aromatic heterocycles. The van der Waals surface area contributed by atoms with Crippen LogP contribution in [0.25, 0.3) is 0 Å². The standard InChI is InChI=1S/C6H10O3.C3H3N/c1-5(2)6(8)9-4-3-7;1-2-3-4/h7H,1,3-4H2,2H3;2H,1H2. The first kappa shape index (κ1) is 14.0. The van der Waals surface area contributed by atoms with Crippen molar-refractivity contribution in [2.45, 2.75) is 6.92 Å². The van der Waals surface area contributed by atoms with E-state index in [9.17, 15) is 4.79 Å². The number of nitrogens with zero attached hydrogens (tertiary/aromatic N) is 1. The van der Waals surface area contributed by atoms with Gasteiger partial charge in [-0.15, -0.1) is 0 Å². The van der Waals surface area contributed by atoms with Crippen molar-refractivity contribution in [3.8, 4) is 6.07 Å². The fraction of sp³-hybridized carbons (Fsp3) is 0.333. The second-order valence-electron chi connectivity index (χ2n) is 1.97. The third kappa shape index (κ3) is 13.4. The van der Waals surface area contributed by atoms with Gasteiger partial charge in [-0.25, -0.2) is 4.79 Å². The Labute approximate surface area is 77.7 Å². The van der Waals surface area contributed by atoms with E-state index in [1.165, 1.54) is 6.08 Å². The number of hydrogen-bond donors (Lipinski definition) is 1. The van der Waals surface area contributed by atoms with E-state index in [-0.39, 0.29) is 13.2 Å². The van der Waals surface area contributed by atoms with E-state index < -0.39 is 5.97 Å². The summed E-state index contributed by atoms with van der Waals surface area (Å²) in [6.45, 7) is 7.93. The summed E-state index contributed by atoms with van der Waals surface area (Å²) in [7, 11) is 0. The van der Waals surface area contributed by atoms with E-state index in [4.69, 9.17) is 10.4 Å². The van der Waals surface area contributed by atoms with Crippen LogP contribution in [0.15, 0.2) is 24.8 Å². The van der Waals surface area contributed by atoms with E-state index in [0.29, 0.717) is 5.57 Å². The number of hydrogen-bond acceptors (Lipinski definition) is 4. The summed E-state index contributed by atoms with van der Waals surface area (Å²) in [5.41, 5.74) is 0.350. The van der Waals surface area contributed by atoms with Gasteiger partial charge in [0.05, 0.1) is 12.7 Å². The van der Waals surface area contributed by atoms with Crippen molar-refractivity contribution in [1.29, 1.82) is 5.26 Å².